The third-order valence-electron chi connectivity index (χ3n) is 15.0. The molecule has 0 aliphatic heterocycles. The molecule has 70 heteroatoms. The predicted octanol–water partition coefficient (Wildman–Crippen LogP) is -11.1. The van der Waals surface area contributed by atoms with Crippen LogP contribution in [-0.4, -0.2) is 176 Å². The number of thioether (sulfide) groups is 3. The van der Waals surface area contributed by atoms with Crippen molar-refractivity contribution in [2.45, 2.75) is 102 Å². The Morgan fingerprint density at radius 3 is 1.38 bits per heavy atom. The van der Waals surface area contributed by atoms with Crippen molar-refractivity contribution >= 4 is 223 Å². The van der Waals surface area contributed by atoms with Crippen molar-refractivity contribution in [3.63, 3.8) is 0 Å². The van der Waals surface area contributed by atoms with E-state index in [2.05, 4.69) is 129 Å². The molecule has 133 heavy (non-hydrogen) atoms. The number of rotatable bonds is 33. The number of aryl methyl sites for hydroxylation is 1. The number of benzene rings is 4. The summed E-state index contributed by atoms with van der Waals surface area (Å²) in [4.78, 5) is 16.0. The zero-order valence-corrected chi connectivity index (χ0v) is 97.8. The van der Waals surface area contributed by atoms with Crippen LogP contribution in [0.2, 0.25) is 0 Å². The molecule has 8 N–H and O–H groups in total. The number of azo groups is 4. The first kappa shape index (κ1) is 126. The van der Waals surface area contributed by atoms with E-state index >= 15 is 0 Å². The maximum absolute atomic E-state index is 11.6. The summed E-state index contributed by atoms with van der Waals surface area (Å²) in [7, 11) is -22.2. The number of nitrogens with zero attached hydrogens (tertiary/aromatic N) is 24. The summed E-state index contributed by atoms with van der Waals surface area (Å²) < 4.78 is 194. The van der Waals surface area contributed by atoms with Crippen LogP contribution in [0.5, 0.6) is 0 Å². The first-order chi connectivity index (χ1) is 59.4. The Kier molecular flexibility index (Phi) is 55.7. The second-order valence-electron chi connectivity index (χ2n) is 26.2. The van der Waals surface area contributed by atoms with Gasteiger partial charge in [0.2, 0.25) is 36.0 Å². The van der Waals surface area contributed by atoms with Crippen LogP contribution in [0.4, 0.5) is 66.5 Å². The quantitative estimate of drug-likeness (QED) is 0.00341. The SMILES string of the molecule is CC(C)(C)c1nn(-c2cc(S(=O)(=O)[O-])ccc2SOO[O-])c(N)c1N=Nc1nc(SCCS(=O)(=O)[O-])ns1.CC(C)(C)c1nn(-c2ccccc2)c(N)c1N=Nc1nc(SCCS(=O)(=O)[O-])ns1.Cc1nn(C#CSOO[O-])c(N)c1N=Nc1nc(-c2ccccc2)ns1.Nc1c(N=Nc2nc(SCCCCS(=O)(=O)[O-])ns2)cnn1-c1ccc(S(=O)(=O)[O-])cc1.[Na+].[Na+].[Na+].[Na+].[Na+].[Na+].[Na+]. The van der Waals surface area contributed by atoms with E-state index in [1.54, 1.807) is 11.6 Å². The summed E-state index contributed by atoms with van der Waals surface area (Å²) in [6, 6.07) is 29.9. The number of nitrogen functional groups attached to an aromatic ring is 4. The normalized spacial score (nSPS) is 11.7. The monoisotopic (exact) mass is 2160 g/mol. The molecule has 0 amide bonds. The van der Waals surface area contributed by atoms with E-state index in [0.29, 0.717) is 97.5 Å². The smallest absolute Gasteiger partial charge is 0.748 e. The molecular formula is C63H63N28Na7O21S14. The number of hydrogen-bond donors (Lipinski definition) is 4. The van der Waals surface area contributed by atoms with Gasteiger partial charge in [0.15, 0.2) is 46.2 Å². The third kappa shape index (κ3) is 40.8. The Balaban J connectivity index is 0.000000594. The maximum atomic E-state index is 11.6. The van der Waals surface area contributed by atoms with Gasteiger partial charge in [-0.3, -0.25) is 10.1 Å². The van der Waals surface area contributed by atoms with Gasteiger partial charge in [-0.25, -0.2) is 56.1 Å². The van der Waals surface area contributed by atoms with Crippen molar-refractivity contribution in [3.8, 4) is 39.7 Å². The first-order valence-corrected chi connectivity index (χ1v) is 49.7. The molecule has 0 radical (unpaired) electrons. The van der Waals surface area contributed by atoms with Gasteiger partial charge < -0.3 is 56.2 Å². The third-order valence-corrected chi connectivity index (χ3v) is 25.7. The van der Waals surface area contributed by atoms with Crippen LogP contribution in [0.15, 0.2) is 180 Å². The zero-order chi connectivity index (χ0) is 92.0. The number of anilines is 4. The first-order valence-electron chi connectivity index (χ1n) is 34.6. The van der Waals surface area contributed by atoms with E-state index in [-0.39, 0.29) is 295 Å². The molecule has 12 rings (SSSR count). The number of nitrogens with two attached hydrogens (primary N) is 4. The van der Waals surface area contributed by atoms with Gasteiger partial charge in [-0.1, -0.05) is 125 Å². The zero-order valence-electron chi connectivity index (χ0n) is 72.4. The molecule has 0 aliphatic carbocycles. The van der Waals surface area contributed by atoms with Gasteiger partial charge in [0.25, 0.3) is 0 Å². The molecule has 49 nitrogen and oxygen atoms in total. The number of unbranched alkanes of at least 4 members (excludes halogenated alkanes) is 1. The summed E-state index contributed by atoms with van der Waals surface area (Å²) >= 11 is 8.27. The maximum Gasteiger partial charge on any atom is 1.00 e. The van der Waals surface area contributed by atoms with E-state index in [9.17, 15) is 75.4 Å². The van der Waals surface area contributed by atoms with E-state index in [0.717, 1.165) is 110 Å². The summed E-state index contributed by atoms with van der Waals surface area (Å²) in [5, 5.41) is 81.0. The molecule has 0 saturated heterocycles. The van der Waals surface area contributed by atoms with Crippen molar-refractivity contribution in [1.29, 1.82) is 0 Å². The standard InChI is InChI=1S/C17H21N7O9S5.C17H21N7O3S3.C15H17N7O6S4.C14H11N7O3S2.7Na/c1-17(2,3)13-12(20-21-15-19-16(23-35-15)34-6-7-37(26,27)28)14(18)24(22-13)10-8-9(38(29,30)31)4-5-11(10)36-33-32-25;1-17(2,3)13-12(14(18)24(22-13)11-7-5-4-6-8-11)20-21-15-19-16(23-29-15)28-9-10-30(25,26)27;16-13-12(9-17-22(13)10-3-5-11(6-4-10)32(26,27)28)19-20-14-18-15(21-30-14)29-7-1-2-8-31(23,24)25;1-9-11(12(15)21(19-9)7-8-25-24-23-22)17-18-14-16-13(20-26-14)10-5-3-2-4-6-10;;;;;;;/h4-5,8,25H,6-7,18H2,1-3H3,(H,26,27,28)(H,29,30,31);4-8H,9-10,18H2,1-3H3,(H,25,26,27);3-6,9H,1-2,7-8,16H2,(H,23,24,25)(H,26,27,28);2-6,22H,15H2,1H3;;;;;;;/q;;;;7*+1/p-7. The Morgan fingerprint density at radius 1 is 0.459 bits per heavy atom. The molecule has 8 heterocycles. The summed E-state index contributed by atoms with van der Waals surface area (Å²) in [6.45, 7) is 13.2. The molecule has 0 aliphatic rings. The van der Waals surface area contributed by atoms with Gasteiger partial charge in [0.1, 0.15) is 38.0 Å². The number of aromatic nitrogens is 16. The molecule has 0 bridgehead atoms. The van der Waals surface area contributed by atoms with Crippen LogP contribution in [0.25, 0.3) is 28.5 Å². The molecule has 8 aromatic heterocycles. The van der Waals surface area contributed by atoms with E-state index < -0.39 is 78.2 Å². The Bertz CT molecular complexity index is 6580. The molecule has 0 spiro atoms. The van der Waals surface area contributed by atoms with Gasteiger partial charge in [0.05, 0.1) is 103 Å². The van der Waals surface area contributed by atoms with E-state index in [1.807, 2.05) is 102 Å². The second kappa shape index (κ2) is 58.7. The minimum atomic E-state index is -4.86. The van der Waals surface area contributed by atoms with Gasteiger partial charge in [-0.15, -0.1) is 40.9 Å². The molecule has 672 valence electrons. The Hall–Kier alpha value is -2.82. The average molecular weight is 2160 g/mol. The number of para-hydroxylation sites is 1. The van der Waals surface area contributed by atoms with Crippen molar-refractivity contribution in [2.75, 3.05) is 57.5 Å². The Morgan fingerprint density at radius 2 is 0.895 bits per heavy atom. The topological polar surface area (TPSA) is 746 Å². The molecule has 4 aromatic carbocycles. The number of hydrogen-bond acceptors (Lipinski definition) is 54. The van der Waals surface area contributed by atoms with Crippen molar-refractivity contribution in [2.24, 2.45) is 40.9 Å². The summed E-state index contributed by atoms with van der Waals surface area (Å²) in [5.41, 5.74) is 28.5. The fourth-order valence-corrected chi connectivity index (χ4v) is 18.1. The van der Waals surface area contributed by atoms with Gasteiger partial charge in [0, 0.05) is 102 Å². The fraction of sp³-hybridized carbons (Fsp3) is 0.270. The van der Waals surface area contributed by atoms with Crippen LogP contribution in [0.1, 0.15) is 71.5 Å². The summed E-state index contributed by atoms with van der Waals surface area (Å²) in [6.07, 6.45) is 2.16. The van der Waals surface area contributed by atoms with Crippen molar-refractivity contribution in [3.05, 3.63) is 126 Å². The second-order valence-corrected chi connectivity index (χ2v) is 40.9. The minimum absolute atomic E-state index is 0. The van der Waals surface area contributed by atoms with Crippen LogP contribution in [0.3, 0.4) is 0 Å². The average Bonchev–Trinajstić information content (AvgIpc) is 1.62. The summed E-state index contributed by atoms with van der Waals surface area (Å²) in [5.74, 6) is 0.290. The molecule has 0 saturated carbocycles. The minimum Gasteiger partial charge on any atom is -0.748 e. The largest absolute Gasteiger partial charge is 1.00 e. The predicted molar refractivity (Wildman–Crippen MR) is 456 cm³/mol. The van der Waals surface area contributed by atoms with E-state index in [4.69, 9.17) is 22.9 Å². The fourth-order valence-electron chi connectivity index (χ4n) is 9.42. The van der Waals surface area contributed by atoms with Crippen LogP contribution >= 0.6 is 106 Å². The van der Waals surface area contributed by atoms with Gasteiger partial charge in [-0.05, 0) is 74.4 Å². The van der Waals surface area contributed by atoms with Gasteiger partial charge in [-0.2, -0.15) is 71.2 Å². The van der Waals surface area contributed by atoms with Gasteiger partial charge >= 0.3 is 207 Å². The van der Waals surface area contributed by atoms with Crippen molar-refractivity contribution < 1.29 is 301 Å². The van der Waals surface area contributed by atoms with Crippen molar-refractivity contribution in [1.82, 2.24) is 76.6 Å². The molecule has 0 unspecified atom stereocenters. The molecule has 0 fully saturated rings. The van der Waals surface area contributed by atoms with Crippen LogP contribution in [0, 0.1) is 18.2 Å². The Labute approximate surface area is 952 Å². The van der Waals surface area contributed by atoms with Crippen LogP contribution in [-0.2, 0) is 80.2 Å². The molecule has 0 atom stereocenters. The van der Waals surface area contributed by atoms with Crippen LogP contribution < -0.4 is 240 Å². The van der Waals surface area contributed by atoms with E-state index in [1.165, 1.54) is 45.5 Å². The molecular weight excluding hydrogens is 2090 g/mol. The molecule has 12 aromatic rings.